The predicted octanol–water partition coefficient (Wildman–Crippen LogP) is 3.07. The lowest BCUT2D eigenvalue weighted by Crippen LogP contribution is -2.37. The molecule has 6 heteroatoms. The number of guanidine groups is 1. The molecule has 1 atom stereocenters. The van der Waals surface area contributed by atoms with Crippen molar-refractivity contribution in [3.8, 4) is 11.5 Å². The lowest BCUT2D eigenvalue weighted by atomic mass is 10.1. The molecule has 1 heterocycles. The minimum atomic E-state index is -0.213. The normalized spacial score (nSPS) is 15.9. The van der Waals surface area contributed by atoms with E-state index >= 15 is 0 Å². The Morgan fingerprint density at radius 2 is 2.15 bits per heavy atom. The largest absolute Gasteiger partial charge is 0.496 e. The standard InChI is InChI=1S/C21H26FN3O2/c1-14-9-16-11-19(26-3)17(12-20(16)27-14)13-25-21(23-2)24-8-7-15-5-4-6-18(22)10-15/h4-6,10-12,14H,7-9,13H2,1-3H3,(H2,23,24,25). The van der Waals surface area contributed by atoms with E-state index in [1.54, 1.807) is 26.3 Å². The molecule has 0 amide bonds. The molecule has 1 aliphatic rings. The first-order chi connectivity index (χ1) is 13.1. The van der Waals surface area contributed by atoms with E-state index < -0.39 is 0 Å². The van der Waals surface area contributed by atoms with Gasteiger partial charge in [-0.2, -0.15) is 0 Å². The molecule has 0 radical (unpaired) electrons. The van der Waals surface area contributed by atoms with Gasteiger partial charge in [0.05, 0.1) is 7.11 Å². The zero-order chi connectivity index (χ0) is 19.2. The van der Waals surface area contributed by atoms with Crippen molar-refractivity contribution in [1.82, 2.24) is 10.6 Å². The van der Waals surface area contributed by atoms with Crippen molar-refractivity contribution in [2.75, 3.05) is 20.7 Å². The molecule has 2 aromatic rings. The molecule has 3 rings (SSSR count). The van der Waals surface area contributed by atoms with Gasteiger partial charge in [-0.1, -0.05) is 12.1 Å². The van der Waals surface area contributed by atoms with Gasteiger partial charge in [-0.05, 0) is 43.2 Å². The zero-order valence-corrected chi connectivity index (χ0v) is 16.0. The van der Waals surface area contributed by atoms with Crippen LogP contribution < -0.4 is 20.1 Å². The van der Waals surface area contributed by atoms with Crippen molar-refractivity contribution in [3.05, 3.63) is 58.9 Å². The van der Waals surface area contributed by atoms with Crippen LogP contribution in [0.1, 0.15) is 23.6 Å². The maximum atomic E-state index is 13.2. The van der Waals surface area contributed by atoms with E-state index in [0.29, 0.717) is 25.5 Å². The van der Waals surface area contributed by atoms with Crippen LogP contribution in [-0.2, 0) is 19.4 Å². The van der Waals surface area contributed by atoms with Gasteiger partial charge in [0.1, 0.15) is 23.4 Å². The van der Waals surface area contributed by atoms with E-state index in [1.807, 2.05) is 12.1 Å². The number of rotatable bonds is 6. The van der Waals surface area contributed by atoms with Crippen LogP contribution in [0.15, 0.2) is 41.4 Å². The number of methoxy groups -OCH3 is 1. The van der Waals surface area contributed by atoms with Gasteiger partial charge in [0.15, 0.2) is 5.96 Å². The fourth-order valence-electron chi connectivity index (χ4n) is 3.23. The van der Waals surface area contributed by atoms with E-state index in [1.165, 1.54) is 11.6 Å². The highest BCUT2D eigenvalue weighted by atomic mass is 19.1. The molecule has 2 N–H and O–H groups in total. The third-order valence-electron chi connectivity index (χ3n) is 4.56. The molecule has 0 fully saturated rings. The number of nitrogens with one attached hydrogen (secondary N) is 2. The fourth-order valence-corrected chi connectivity index (χ4v) is 3.23. The molecule has 0 aliphatic carbocycles. The molecule has 27 heavy (non-hydrogen) atoms. The highest BCUT2D eigenvalue weighted by Gasteiger charge is 2.21. The maximum Gasteiger partial charge on any atom is 0.191 e. The molecule has 0 spiro atoms. The number of aliphatic imine (C=N–C) groups is 1. The van der Waals surface area contributed by atoms with Gasteiger partial charge in [0, 0.05) is 37.7 Å². The van der Waals surface area contributed by atoms with Crippen LogP contribution in [0.3, 0.4) is 0 Å². The van der Waals surface area contributed by atoms with Gasteiger partial charge in [-0.3, -0.25) is 4.99 Å². The van der Waals surface area contributed by atoms with Crippen molar-refractivity contribution in [2.45, 2.75) is 32.4 Å². The molecule has 0 saturated heterocycles. The molecular formula is C21H26FN3O2. The topological polar surface area (TPSA) is 54.9 Å². The first-order valence-corrected chi connectivity index (χ1v) is 9.14. The summed E-state index contributed by atoms with van der Waals surface area (Å²) in [5, 5.41) is 6.54. The van der Waals surface area contributed by atoms with Gasteiger partial charge < -0.3 is 20.1 Å². The summed E-state index contributed by atoms with van der Waals surface area (Å²) < 4.78 is 24.6. The average Bonchev–Trinajstić information content (AvgIpc) is 3.02. The Hall–Kier alpha value is -2.76. The third kappa shape index (κ3) is 4.90. The Morgan fingerprint density at radius 3 is 2.89 bits per heavy atom. The first kappa shape index (κ1) is 19.0. The Bertz CT molecular complexity index is 823. The summed E-state index contributed by atoms with van der Waals surface area (Å²) in [7, 11) is 3.40. The first-order valence-electron chi connectivity index (χ1n) is 9.14. The van der Waals surface area contributed by atoms with Crippen LogP contribution in [-0.4, -0.2) is 32.8 Å². The van der Waals surface area contributed by atoms with Crippen molar-refractivity contribution >= 4 is 5.96 Å². The number of hydrogen-bond acceptors (Lipinski definition) is 3. The smallest absolute Gasteiger partial charge is 0.191 e. The highest BCUT2D eigenvalue weighted by Crippen LogP contribution is 2.34. The zero-order valence-electron chi connectivity index (χ0n) is 16.0. The molecular weight excluding hydrogens is 345 g/mol. The quantitative estimate of drug-likeness (QED) is 0.605. The van der Waals surface area contributed by atoms with Crippen molar-refractivity contribution in [3.63, 3.8) is 0 Å². The monoisotopic (exact) mass is 371 g/mol. The molecule has 2 aromatic carbocycles. The second-order valence-corrected chi connectivity index (χ2v) is 6.64. The van der Waals surface area contributed by atoms with E-state index in [4.69, 9.17) is 9.47 Å². The molecule has 1 unspecified atom stereocenters. The Kier molecular flexibility index (Phi) is 6.16. The summed E-state index contributed by atoms with van der Waals surface area (Å²) in [6, 6.07) is 10.7. The molecule has 0 saturated carbocycles. The SMILES string of the molecule is CN=C(NCCc1cccc(F)c1)NCc1cc2c(cc1OC)CC(C)O2. The van der Waals surface area contributed by atoms with Crippen LogP contribution >= 0.6 is 0 Å². The number of hydrogen-bond donors (Lipinski definition) is 2. The Balaban J connectivity index is 1.56. The number of halogens is 1. The summed E-state index contributed by atoms with van der Waals surface area (Å²) >= 11 is 0. The third-order valence-corrected chi connectivity index (χ3v) is 4.56. The summed E-state index contributed by atoms with van der Waals surface area (Å²) in [4.78, 5) is 4.24. The minimum Gasteiger partial charge on any atom is -0.496 e. The molecule has 144 valence electrons. The molecule has 5 nitrogen and oxygen atoms in total. The van der Waals surface area contributed by atoms with Crippen LogP contribution in [0, 0.1) is 5.82 Å². The minimum absolute atomic E-state index is 0.199. The lowest BCUT2D eigenvalue weighted by Gasteiger charge is -2.15. The van der Waals surface area contributed by atoms with Gasteiger partial charge in [-0.15, -0.1) is 0 Å². The molecule has 1 aliphatic heterocycles. The van der Waals surface area contributed by atoms with Crippen molar-refractivity contribution < 1.29 is 13.9 Å². The van der Waals surface area contributed by atoms with Crippen LogP contribution in [0.2, 0.25) is 0 Å². The Labute approximate surface area is 159 Å². The van der Waals surface area contributed by atoms with Gasteiger partial charge in [-0.25, -0.2) is 4.39 Å². The molecule has 0 aromatic heterocycles. The van der Waals surface area contributed by atoms with Crippen molar-refractivity contribution in [2.24, 2.45) is 4.99 Å². The number of fused-ring (bicyclic) bond motifs is 1. The van der Waals surface area contributed by atoms with E-state index in [-0.39, 0.29) is 11.9 Å². The van der Waals surface area contributed by atoms with Crippen LogP contribution in [0.4, 0.5) is 4.39 Å². The van der Waals surface area contributed by atoms with Crippen LogP contribution in [0.25, 0.3) is 0 Å². The van der Waals surface area contributed by atoms with E-state index in [2.05, 4.69) is 28.6 Å². The van der Waals surface area contributed by atoms with E-state index in [9.17, 15) is 4.39 Å². The van der Waals surface area contributed by atoms with E-state index in [0.717, 1.165) is 29.0 Å². The lowest BCUT2D eigenvalue weighted by molar-refractivity contribution is 0.254. The fraction of sp³-hybridized carbons (Fsp3) is 0.381. The highest BCUT2D eigenvalue weighted by molar-refractivity contribution is 5.79. The van der Waals surface area contributed by atoms with Crippen molar-refractivity contribution in [1.29, 1.82) is 0 Å². The van der Waals surface area contributed by atoms with Gasteiger partial charge in [0.2, 0.25) is 0 Å². The maximum absolute atomic E-state index is 13.2. The number of ether oxygens (including phenoxy) is 2. The average molecular weight is 371 g/mol. The predicted molar refractivity (Wildman–Crippen MR) is 105 cm³/mol. The summed E-state index contributed by atoms with van der Waals surface area (Å²) in [5.74, 6) is 2.24. The van der Waals surface area contributed by atoms with Gasteiger partial charge in [0.25, 0.3) is 0 Å². The summed E-state index contributed by atoms with van der Waals surface area (Å²) in [6.45, 7) is 3.29. The Morgan fingerprint density at radius 1 is 1.30 bits per heavy atom. The molecule has 0 bridgehead atoms. The van der Waals surface area contributed by atoms with Crippen LogP contribution in [0.5, 0.6) is 11.5 Å². The number of nitrogens with zero attached hydrogens (tertiary/aromatic N) is 1. The number of benzene rings is 2. The van der Waals surface area contributed by atoms with Gasteiger partial charge >= 0.3 is 0 Å². The second kappa shape index (κ2) is 8.75. The summed E-state index contributed by atoms with van der Waals surface area (Å²) in [5.41, 5.74) is 3.14. The second-order valence-electron chi connectivity index (χ2n) is 6.64. The summed E-state index contributed by atoms with van der Waals surface area (Å²) in [6.07, 6.45) is 1.82.